The Morgan fingerprint density at radius 1 is 0.900 bits per heavy atom. The van der Waals surface area contributed by atoms with Crippen LogP contribution in [0.5, 0.6) is 0 Å². The molecule has 5 heteroatoms. The highest BCUT2D eigenvalue weighted by molar-refractivity contribution is 4.97. The van der Waals surface area contributed by atoms with E-state index in [0.29, 0.717) is 0 Å². The van der Waals surface area contributed by atoms with E-state index in [4.69, 9.17) is 0 Å². The van der Waals surface area contributed by atoms with Gasteiger partial charge in [-0.25, -0.2) is 0 Å². The Labute approximate surface area is 184 Å². The molecule has 0 aromatic carbocycles. The fraction of sp³-hybridized carbons (Fsp3) is 0.800. The summed E-state index contributed by atoms with van der Waals surface area (Å²) in [7, 11) is 0. The molecular weight excluding hydrogens is 376 g/mol. The third-order valence-electron chi connectivity index (χ3n) is 6.13. The Kier molecular flexibility index (Phi) is 13.6. The molecule has 1 aromatic rings. The molecule has 172 valence electrons. The summed E-state index contributed by atoms with van der Waals surface area (Å²) in [6.45, 7) is 5.62. The summed E-state index contributed by atoms with van der Waals surface area (Å²) in [5.41, 5.74) is 0.823. The van der Waals surface area contributed by atoms with Gasteiger partial charge in [0.1, 0.15) is 10.8 Å². The van der Waals surface area contributed by atoms with Gasteiger partial charge in [0, 0.05) is 18.6 Å². The largest absolute Gasteiger partial charge is 0.531 e. The number of rotatable bonds is 18. The van der Waals surface area contributed by atoms with Gasteiger partial charge >= 0.3 is 5.85 Å². The number of hydrogen-bond donors (Lipinski definition) is 1. The molecule has 0 aliphatic rings. The van der Waals surface area contributed by atoms with Gasteiger partial charge in [0.25, 0.3) is 0 Å². The monoisotopic (exact) mass is 421 g/mol. The van der Waals surface area contributed by atoms with Crippen LogP contribution in [0, 0.1) is 16.0 Å². The van der Waals surface area contributed by atoms with E-state index in [1.165, 1.54) is 81.6 Å². The third-order valence-corrected chi connectivity index (χ3v) is 6.13. The van der Waals surface area contributed by atoms with E-state index < -0.39 is 16.7 Å². The first-order valence-corrected chi connectivity index (χ1v) is 12.3. The van der Waals surface area contributed by atoms with Crippen molar-refractivity contribution in [3.8, 4) is 0 Å². The predicted octanol–water partition coefficient (Wildman–Crippen LogP) is 6.53. The highest BCUT2D eigenvalue weighted by Gasteiger charge is 2.55. The van der Waals surface area contributed by atoms with Gasteiger partial charge < -0.3 is 0 Å². The SMILES string of the molecule is CCCCCCCCCCCCCCCCc1cccc[n+]1C(O)(C(C)C)[N+](=O)[O-]. The maximum atomic E-state index is 11.6. The van der Waals surface area contributed by atoms with Gasteiger partial charge in [-0.05, 0) is 20.3 Å². The Hall–Kier alpha value is -1.49. The Morgan fingerprint density at radius 3 is 1.80 bits per heavy atom. The number of aryl methyl sites for hydroxylation is 1. The first-order chi connectivity index (χ1) is 14.4. The van der Waals surface area contributed by atoms with Crippen LogP contribution in [-0.4, -0.2) is 10.0 Å². The number of nitro groups is 1. The van der Waals surface area contributed by atoms with Crippen molar-refractivity contribution in [2.24, 2.45) is 5.92 Å². The Balaban J connectivity index is 2.20. The van der Waals surface area contributed by atoms with Crippen LogP contribution in [0.15, 0.2) is 24.4 Å². The molecule has 1 heterocycles. The normalized spacial score (nSPS) is 13.5. The zero-order valence-electron chi connectivity index (χ0n) is 19.7. The molecule has 1 unspecified atom stereocenters. The lowest BCUT2D eigenvalue weighted by Crippen LogP contribution is -2.66. The highest BCUT2D eigenvalue weighted by Crippen LogP contribution is 2.19. The summed E-state index contributed by atoms with van der Waals surface area (Å²) < 4.78 is 1.44. The molecule has 0 amide bonds. The maximum absolute atomic E-state index is 11.6. The van der Waals surface area contributed by atoms with Crippen molar-refractivity contribution in [3.63, 3.8) is 0 Å². The van der Waals surface area contributed by atoms with Gasteiger partial charge in [0.05, 0.1) is 0 Å². The standard InChI is InChI=1S/C25H45N2O3/c1-4-5-6-7-8-9-10-11-12-13-14-15-16-17-20-24-21-18-19-22-26(24)25(28,23(2)3)27(29)30/h18-19,21-23,28H,4-17,20H2,1-3H3/q+1. The predicted molar refractivity (Wildman–Crippen MR) is 123 cm³/mol. The maximum Gasteiger partial charge on any atom is 0.531 e. The molecule has 30 heavy (non-hydrogen) atoms. The van der Waals surface area contributed by atoms with Gasteiger partial charge in [-0.3, -0.25) is 15.2 Å². The van der Waals surface area contributed by atoms with Crippen LogP contribution in [0.2, 0.25) is 0 Å². The number of aromatic nitrogens is 1. The lowest BCUT2D eigenvalue weighted by atomic mass is 10.0. The fourth-order valence-corrected chi connectivity index (χ4v) is 4.08. The van der Waals surface area contributed by atoms with Crippen molar-refractivity contribution in [2.45, 2.75) is 123 Å². The van der Waals surface area contributed by atoms with Gasteiger partial charge in [0.15, 0.2) is 11.9 Å². The Morgan fingerprint density at radius 2 is 1.37 bits per heavy atom. The fourth-order valence-electron chi connectivity index (χ4n) is 4.08. The van der Waals surface area contributed by atoms with Gasteiger partial charge in [-0.2, -0.15) is 0 Å². The molecule has 0 aliphatic heterocycles. The minimum atomic E-state index is -2.09. The van der Waals surface area contributed by atoms with E-state index in [2.05, 4.69) is 6.92 Å². The van der Waals surface area contributed by atoms with Crippen LogP contribution < -0.4 is 4.57 Å². The molecule has 0 saturated heterocycles. The molecule has 0 spiro atoms. The zero-order valence-corrected chi connectivity index (χ0v) is 19.7. The van der Waals surface area contributed by atoms with Crippen molar-refractivity contribution < 1.29 is 14.6 Å². The van der Waals surface area contributed by atoms with Crippen molar-refractivity contribution in [3.05, 3.63) is 40.2 Å². The van der Waals surface area contributed by atoms with Crippen LogP contribution in [0.25, 0.3) is 0 Å². The lowest BCUT2D eigenvalue weighted by Gasteiger charge is -2.19. The molecule has 5 nitrogen and oxygen atoms in total. The van der Waals surface area contributed by atoms with Gasteiger partial charge in [-0.15, -0.1) is 4.57 Å². The van der Waals surface area contributed by atoms with E-state index in [1.54, 1.807) is 26.1 Å². The second kappa shape index (κ2) is 15.3. The molecule has 0 radical (unpaired) electrons. The third kappa shape index (κ3) is 9.11. The van der Waals surface area contributed by atoms with E-state index in [9.17, 15) is 15.2 Å². The van der Waals surface area contributed by atoms with Crippen LogP contribution >= 0.6 is 0 Å². The molecule has 0 aliphatic carbocycles. The van der Waals surface area contributed by atoms with E-state index in [1.807, 2.05) is 12.1 Å². The summed E-state index contributed by atoms with van der Waals surface area (Å²) in [5, 5.41) is 22.2. The van der Waals surface area contributed by atoms with E-state index >= 15 is 0 Å². The van der Waals surface area contributed by atoms with E-state index in [-0.39, 0.29) is 0 Å². The number of aliphatic hydroxyl groups is 1. The number of hydrogen-bond acceptors (Lipinski definition) is 3. The van der Waals surface area contributed by atoms with Gasteiger partial charge in [-0.1, -0.05) is 96.5 Å². The molecule has 1 aromatic heterocycles. The molecule has 0 saturated carbocycles. The second-order valence-electron chi connectivity index (χ2n) is 9.01. The van der Waals surface area contributed by atoms with Crippen molar-refractivity contribution in [1.29, 1.82) is 0 Å². The minimum Gasteiger partial charge on any atom is -0.272 e. The number of nitrogens with zero attached hydrogens (tertiary/aromatic N) is 2. The number of unbranched alkanes of at least 4 members (excludes halogenated alkanes) is 13. The minimum absolute atomic E-state index is 0.519. The van der Waals surface area contributed by atoms with Crippen LogP contribution in [0.3, 0.4) is 0 Å². The summed E-state index contributed by atoms with van der Waals surface area (Å²) in [5.74, 6) is -2.61. The summed E-state index contributed by atoms with van der Waals surface area (Å²) >= 11 is 0. The number of pyridine rings is 1. The van der Waals surface area contributed by atoms with Crippen LogP contribution in [0.4, 0.5) is 0 Å². The summed E-state index contributed by atoms with van der Waals surface area (Å²) in [4.78, 5) is 11.0. The first-order valence-electron chi connectivity index (χ1n) is 12.3. The summed E-state index contributed by atoms with van der Waals surface area (Å²) in [6.07, 6.45) is 20.7. The van der Waals surface area contributed by atoms with Crippen molar-refractivity contribution >= 4 is 0 Å². The van der Waals surface area contributed by atoms with Crippen molar-refractivity contribution in [1.82, 2.24) is 0 Å². The Bertz CT molecular complexity index is 592. The molecule has 1 atom stereocenters. The van der Waals surface area contributed by atoms with Crippen molar-refractivity contribution in [2.75, 3.05) is 0 Å². The van der Waals surface area contributed by atoms with E-state index in [0.717, 1.165) is 25.0 Å². The lowest BCUT2D eigenvalue weighted by molar-refractivity contribution is -0.978. The average Bonchev–Trinajstić information content (AvgIpc) is 2.73. The topological polar surface area (TPSA) is 67.2 Å². The molecule has 0 bridgehead atoms. The molecule has 1 N–H and O–H groups in total. The summed E-state index contributed by atoms with van der Waals surface area (Å²) in [6, 6.07) is 5.51. The molecular formula is C25H45N2O3+. The van der Waals surface area contributed by atoms with Gasteiger partial charge in [0.2, 0.25) is 0 Å². The second-order valence-corrected chi connectivity index (χ2v) is 9.01. The zero-order chi connectivity index (χ0) is 22.2. The average molecular weight is 422 g/mol. The smallest absolute Gasteiger partial charge is 0.272 e. The molecule has 0 fully saturated rings. The van der Waals surface area contributed by atoms with Crippen LogP contribution in [0.1, 0.15) is 116 Å². The van der Waals surface area contributed by atoms with Crippen LogP contribution in [-0.2, 0) is 12.3 Å². The highest BCUT2D eigenvalue weighted by atomic mass is 16.7. The quantitative estimate of drug-likeness (QED) is 0.0962. The first kappa shape index (κ1) is 26.5. The molecule has 1 rings (SSSR count).